The first-order chi connectivity index (χ1) is 10.8. The van der Waals surface area contributed by atoms with E-state index in [1.807, 2.05) is 20.8 Å². The van der Waals surface area contributed by atoms with Crippen molar-refractivity contribution in [3.8, 4) is 0 Å². The summed E-state index contributed by atoms with van der Waals surface area (Å²) in [7, 11) is 0. The highest BCUT2D eigenvalue weighted by Crippen LogP contribution is 2.32. The molecule has 3 rings (SSSR count). The first-order valence-corrected chi connectivity index (χ1v) is 9.08. The highest BCUT2D eigenvalue weighted by Gasteiger charge is 2.28. The minimum Gasteiger partial charge on any atom is -0.351 e. The van der Waals surface area contributed by atoms with Gasteiger partial charge in [0.15, 0.2) is 5.13 Å². The fraction of sp³-hybridized carbons (Fsp3) is 0.556. The zero-order valence-electron chi connectivity index (χ0n) is 14.3. The van der Waals surface area contributed by atoms with Gasteiger partial charge in [-0.05, 0) is 31.4 Å². The minimum absolute atomic E-state index is 0.129. The van der Waals surface area contributed by atoms with Crippen LogP contribution in [0.5, 0.6) is 0 Å². The Kier molecular flexibility index (Phi) is 4.32. The fourth-order valence-corrected chi connectivity index (χ4v) is 3.96. The second kappa shape index (κ2) is 6.11. The van der Waals surface area contributed by atoms with E-state index in [4.69, 9.17) is 4.98 Å². The first kappa shape index (κ1) is 16.2. The van der Waals surface area contributed by atoms with Gasteiger partial charge in [0.05, 0.1) is 10.2 Å². The summed E-state index contributed by atoms with van der Waals surface area (Å²) in [6.45, 7) is 9.84. The molecule has 0 radical (unpaired) electrons. The van der Waals surface area contributed by atoms with Crippen LogP contribution < -0.4 is 10.2 Å². The van der Waals surface area contributed by atoms with Crippen molar-refractivity contribution >= 4 is 32.6 Å². The van der Waals surface area contributed by atoms with Gasteiger partial charge in [-0.15, -0.1) is 0 Å². The molecule has 1 atom stereocenters. The third kappa shape index (κ3) is 3.50. The molecule has 124 valence electrons. The summed E-state index contributed by atoms with van der Waals surface area (Å²) < 4.78 is 1.24. The van der Waals surface area contributed by atoms with E-state index in [0.717, 1.165) is 36.6 Å². The monoisotopic (exact) mass is 331 g/mol. The van der Waals surface area contributed by atoms with Crippen LogP contribution in [0.3, 0.4) is 0 Å². The lowest BCUT2D eigenvalue weighted by molar-refractivity contribution is -0.129. The number of anilines is 1. The van der Waals surface area contributed by atoms with E-state index in [1.54, 1.807) is 11.3 Å². The fourth-order valence-electron chi connectivity index (χ4n) is 2.88. The number of carbonyl (C=O) groups is 1. The number of rotatable bonds is 2. The Bertz CT molecular complexity index is 717. The molecule has 1 fully saturated rings. The summed E-state index contributed by atoms with van der Waals surface area (Å²) in [4.78, 5) is 19.4. The number of hydrogen-bond donors (Lipinski definition) is 1. The molecule has 0 spiro atoms. The van der Waals surface area contributed by atoms with Gasteiger partial charge in [-0.3, -0.25) is 4.79 Å². The van der Waals surface area contributed by atoms with Crippen LogP contribution >= 0.6 is 11.3 Å². The molecular weight excluding hydrogens is 306 g/mol. The summed E-state index contributed by atoms with van der Waals surface area (Å²) >= 11 is 1.75. The normalized spacial score (nSPS) is 19.1. The quantitative estimate of drug-likeness (QED) is 0.912. The molecule has 0 bridgehead atoms. The molecule has 2 heterocycles. The Hall–Kier alpha value is -1.62. The lowest BCUT2D eigenvalue weighted by Crippen LogP contribution is -2.50. The largest absolute Gasteiger partial charge is 0.351 e. The number of nitrogens with one attached hydrogen (secondary N) is 1. The third-order valence-electron chi connectivity index (χ3n) is 4.32. The topological polar surface area (TPSA) is 45.2 Å². The van der Waals surface area contributed by atoms with Crippen molar-refractivity contribution in [2.45, 2.75) is 46.6 Å². The molecule has 5 heteroatoms. The van der Waals surface area contributed by atoms with Crippen molar-refractivity contribution in [3.05, 3.63) is 23.8 Å². The van der Waals surface area contributed by atoms with Crippen molar-refractivity contribution < 1.29 is 4.79 Å². The Morgan fingerprint density at radius 2 is 2.17 bits per heavy atom. The molecule has 1 N–H and O–H groups in total. The van der Waals surface area contributed by atoms with E-state index in [0.29, 0.717) is 0 Å². The van der Waals surface area contributed by atoms with Gasteiger partial charge in [0.1, 0.15) is 0 Å². The van der Waals surface area contributed by atoms with Crippen molar-refractivity contribution in [2.75, 3.05) is 18.0 Å². The molecular formula is C18H25N3OS. The lowest BCUT2D eigenvalue weighted by atomic mass is 9.94. The molecule has 1 amide bonds. The molecule has 2 aromatic rings. The van der Waals surface area contributed by atoms with E-state index in [9.17, 15) is 4.79 Å². The summed E-state index contributed by atoms with van der Waals surface area (Å²) in [5.41, 5.74) is 1.99. The molecule has 1 aromatic heterocycles. The van der Waals surface area contributed by atoms with Crippen molar-refractivity contribution in [1.82, 2.24) is 10.3 Å². The Balaban J connectivity index is 1.75. The number of carbonyl (C=O) groups excluding carboxylic acids is 1. The van der Waals surface area contributed by atoms with Gasteiger partial charge in [0.25, 0.3) is 0 Å². The molecule has 1 aliphatic heterocycles. The number of fused-ring (bicyclic) bond motifs is 1. The van der Waals surface area contributed by atoms with Gasteiger partial charge in [0.2, 0.25) is 5.91 Å². The van der Waals surface area contributed by atoms with Crippen LogP contribution in [0.4, 0.5) is 5.13 Å². The number of aryl methyl sites for hydroxylation is 1. The number of thiazole rings is 1. The van der Waals surface area contributed by atoms with Crippen LogP contribution in [0.1, 0.15) is 39.2 Å². The Labute approximate surface area is 141 Å². The van der Waals surface area contributed by atoms with Crippen LogP contribution in [0, 0.1) is 12.3 Å². The number of nitrogens with zero attached hydrogens (tertiary/aromatic N) is 2. The first-order valence-electron chi connectivity index (χ1n) is 8.26. The highest BCUT2D eigenvalue weighted by atomic mass is 32.1. The predicted molar refractivity (Wildman–Crippen MR) is 97.2 cm³/mol. The molecule has 23 heavy (non-hydrogen) atoms. The Morgan fingerprint density at radius 1 is 1.39 bits per heavy atom. The van der Waals surface area contributed by atoms with Gasteiger partial charge >= 0.3 is 0 Å². The van der Waals surface area contributed by atoms with E-state index in [1.165, 1.54) is 10.3 Å². The van der Waals surface area contributed by atoms with Crippen LogP contribution in [-0.2, 0) is 4.79 Å². The average molecular weight is 331 g/mol. The number of aromatic nitrogens is 1. The van der Waals surface area contributed by atoms with Gasteiger partial charge in [0, 0.05) is 24.5 Å². The number of piperidine rings is 1. The second-order valence-electron chi connectivity index (χ2n) is 7.43. The van der Waals surface area contributed by atoms with Gasteiger partial charge in [-0.25, -0.2) is 4.98 Å². The summed E-state index contributed by atoms with van der Waals surface area (Å²) in [6.07, 6.45) is 2.13. The SMILES string of the molecule is Cc1cccc2sc(N3CCCC(NC(=O)C(C)(C)C)C3)nc12. The smallest absolute Gasteiger partial charge is 0.225 e. The maximum atomic E-state index is 12.2. The standard InChI is InChI=1S/C18H25N3OS/c1-12-7-5-9-14-15(12)20-17(23-14)21-10-6-8-13(11-21)19-16(22)18(2,3)4/h5,7,9,13H,6,8,10-11H2,1-4H3,(H,19,22). The maximum absolute atomic E-state index is 12.2. The van der Waals surface area contributed by atoms with E-state index in [2.05, 4.69) is 35.3 Å². The van der Waals surface area contributed by atoms with E-state index >= 15 is 0 Å². The Morgan fingerprint density at radius 3 is 2.87 bits per heavy atom. The molecule has 0 saturated carbocycles. The number of para-hydroxylation sites is 1. The molecule has 1 aliphatic rings. The van der Waals surface area contributed by atoms with Crippen LogP contribution in [0.2, 0.25) is 0 Å². The van der Waals surface area contributed by atoms with Gasteiger partial charge in [-0.1, -0.05) is 44.2 Å². The number of hydrogen-bond acceptors (Lipinski definition) is 4. The lowest BCUT2D eigenvalue weighted by Gasteiger charge is -2.34. The van der Waals surface area contributed by atoms with Gasteiger partial charge in [-0.2, -0.15) is 0 Å². The highest BCUT2D eigenvalue weighted by molar-refractivity contribution is 7.22. The van der Waals surface area contributed by atoms with Crippen molar-refractivity contribution in [3.63, 3.8) is 0 Å². The molecule has 0 aliphatic carbocycles. The van der Waals surface area contributed by atoms with Crippen molar-refractivity contribution in [2.24, 2.45) is 5.41 Å². The maximum Gasteiger partial charge on any atom is 0.225 e. The molecule has 4 nitrogen and oxygen atoms in total. The van der Waals surface area contributed by atoms with E-state index < -0.39 is 0 Å². The summed E-state index contributed by atoms with van der Waals surface area (Å²) in [5, 5.41) is 4.27. The summed E-state index contributed by atoms with van der Waals surface area (Å²) in [6, 6.07) is 6.53. The third-order valence-corrected chi connectivity index (χ3v) is 5.40. The van der Waals surface area contributed by atoms with Crippen molar-refractivity contribution in [1.29, 1.82) is 0 Å². The van der Waals surface area contributed by atoms with Crippen LogP contribution in [-0.4, -0.2) is 30.0 Å². The minimum atomic E-state index is -0.338. The van der Waals surface area contributed by atoms with Crippen LogP contribution in [0.25, 0.3) is 10.2 Å². The number of benzene rings is 1. The molecule has 1 saturated heterocycles. The van der Waals surface area contributed by atoms with Gasteiger partial charge < -0.3 is 10.2 Å². The van der Waals surface area contributed by atoms with E-state index in [-0.39, 0.29) is 17.4 Å². The molecule has 1 unspecified atom stereocenters. The summed E-state index contributed by atoms with van der Waals surface area (Å²) in [5.74, 6) is 0.129. The number of amides is 1. The second-order valence-corrected chi connectivity index (χ2v) is 8.44. The zero-order chi connectivity index (χ0) is 16.6. The van der Waals surface area contributed by atoms with Crippen LogP contribution in [0.15, 0.2) is 18.2 Å². The molecule has 1 aromatic carbocycles. The average Bonchev–Trinajstić information content (AvgIpc) is 2.92. The zero-order valence-corrected chi connectivity index (χ0v) is 15.2. The predicted octanol–water partition coefficient (Wildman–Crippen LogP) is 3.74.